The van der Waals surface area contributed by atoms with Crippen LogP contribution in [0.4, 0.5) is 0 Å². The van der Waals surface area contributed by atoms with Gasteiger partial charge in [0.2, 0.25) is 0 Å². The quantitative estimate of drug-likeness (QED) is 0.739. The average molecular weight is 322 g/mol. The van der Waals surface area contributed by atoms with Crippen molar-refractivity contribution in [2.24, 2.45) is 0 Å². The summed E-state index contributed by atoms with van der Waals surface area (Å²) in [5, 5.41) is 0. The van der Waals surface area contributed by atoms with Gasteiger partial charge >= 0.3 is 5.97 Å². The van der Waals surface area contributed by atoms with Gasteiger partial charge in [0, 0.05) is 18.3 Å². The molecule has 0 saturated heterocycles. The summed E-state index contributed by atoms with van der Waals surface area (Å²) in [5.41, 5.74) is 2.34. The molecule has 5 nitrogen and oxygen atoms in total. The molecular formula is C18H30N2O3. The molecule has 1 aromatic rings. The molecule has 5 heteroatoms. The molecule has 0 aromatic carbocycles. The number of ether oxygens (including phenoxy) is 1. The highest BCUT2D eigenvalue weighted by Crippen LogP contribution is 2.22. The van der Waals surface area contributed by atoms with Crippen LogP contribution >= 0.6 is 0 Å². The highest BCUT2D eigenvalue weighted by molar-refractivity contribution is 6.00. The van der Waals surface area contributed by atoms with Crippen molar-refractivity contribution in [2.45, 2.75) is 66.8 Å². The lowest BCUT2D eigenvalue weighted by Crippen LogP contribution is -2.39. The lowest BCUT2D eigenvalue weighted by Gasteiger charge is -2.28. The van der Waals surface area contributed by atoms with Crippen molar-refractivity contribution < 1.29 is 14.3 Å². The Balaban J connectivity index is 3.15. The summed E-state index contributed by atoms with van der Waals surface area (Å²) in [6, 6.07) is 0.170. The Labute approximate surface area is 139 Å². The second kappa shape index (κ2) is 8.75. The van der Waals surface area contributed by atoms with Gasteiger partial charge in [-0.1, -0.05) is 20.3 Å². The van der Waals surface area contributed by atoms with E-state index in [0.29, 0.717) is 29.1 Å². The first-order chi connectivity index (χ1) is 10.9. The van der Waals surface area contributed by atoms with E-state index in [9.17, 15) is 9.59 Å². The third-order valence-electron chi connectivity index (χ3n) is 4.27. The lowest BCUT2D eigenvalue weighted by atomic mass is 10.1. The summed E-state index contributed by atoms with van der Waals surface area (Å²) in [7, 11) is 0. The van der Waals surface area contributed by atoms with Gasteiger partial charge in [0.1, 0.15) is 5.69 Å². The van der Waals surface area contributed by atoms with E-state index in [1.165, 1.54) is 0 Å². The number of hydrogen-bond acceptors (Lipinski definition) is 3. The summed E-state index contributed by atoms with van der Waals surface area (Å²) in [6.45, 7) is 12.7. The Hall–Kier alpha value is -1.78. The van der Waals surface area contributed by atoms with Crippen LogP contribution in [0.15, 0.2) is 0 Å². The highest BCUT2D eigenvalue weighted by Gasteiger charge is 2.27. The van der Waals surface area contributed by atoms with Crippen LogP contribution in [0.25, 0.3) is 0 Å². The average Bonchev–Trinajstić information content (AvgIpc) is 2.82. The van der Waals surface area contributed by atoms with Gasteiger partial charge < -0.3 is 14.6 Å². The van der Waals surface area contributed by atoms with Crippen LogP contribution in [-0.4, -0.2) is 41.0 Å². The van der Waals surface area contributed by atoms with Crippen LogP contribution in [0.3, 0.4) is 0 Å². The minimum Gasteiger partial charge on any atom is -0.462 e. The highest BCUT2D eigenvalue weighted by atomic mass is 16.5. The minimum atomic E-state index is -0.374. The van der Waals surface area contributed by atoms with E-state index < -0.39 is 0 Å². The summed E-state index contributed by atoms with van der Waals surface area (Å²) in [4.78, 5) is 30.0. The lowest BCUT2D eigenvalue weighted by molar-refractivity contribution is 0.0525. The maximum Gasteiger partial charge on any atom is 0.340 e. The van der Waals surface area contributed by atoms with Crippen LogP contribution in [0.1, 0.15) is 79.1 Å². The first-order valence-electron chi connectivity index (χ1n) is 8.56. The second-order valence-electron chi connectivity index (χ2n) is 5.95. The van der Waals surface area contributed by atoms with E-state index in [2.05, 4.69) is 25.8 Å². The van der Waals surface area contributed by atoms with Crippen molar-refractivity contribution in [3.05, 3.63) is 22.5 Å². The Morgan fingerprint density at radius 1 is 1.22 bits per heavy atom. The monoisotopic (exact) mass is 322 g/mol. The summed E-state index contributed by atoms with van der Waals surface area (Å²) >= 11 is 0. The van der Waals surface area contributed by atoms with Gasteiger partial charge in [0.15, 0.2) is 0 Å². The fourth-order valence-corrected chi connectivity index (χ4v) is 2.69. The van der Waals surface area contributed by atoms with E-state index >= 15 is 0 Å². The Morgan fingerprint density at radius 2 is 1.87 bits per heavy atom. The third kappa shape index (κ3) is 4.36. The largest absolute Gasteiger partial charge is 0.462 e. The zero-order valence-electron chi connectivity index (χ0n) is 15.3. The Bertz CT molecular complexity index is 549. The van der Waals surface area contributed by atoms with Gasteiger partial charge in [0.05, 0.1) is 12.2 Å². The minimum absolute atomic E-state index is 0.0380. The first-order valence-corrected chi connectivity index (χ1v) is 8.56. The molecule has 1 atom stereocenters. The number of amides is 1. The van der Waals surface area contributed by atoms with E-state index in [1.807, 2.05) is 4.90 Å². The van der Waals surface area contributed by atoms with Crippen LogP contribution in [0.5, 0.6) is 0 Å². The fraction of sp³-hybridized carbons (Fsp3) is 0.667. The zero-order valence-corrected chi connectivity index (χ0v) is 15.3. The summed E-state index contributed by atoms with van der Waals surface area (Å²) < 4.78 is 5.09. The maximum atomic E-state index is 13.0. The number of carbonyl (C=O) groups excluding carboxylic acids is 2. The number of carbonyl (C=O) groups is 2. The van der Waals surface area contributed by atoms with E-state index in [0.717, 1.165) is 25.8 Å². The molecule has 1 N–H and O–H groups in total. The molecule has 0 aliphatic rings. The number of unbranched alkanes of at least 4 members (excludes halogenated alkanes) is 1. The van der Waals surface area contributed by atoms with Gasteiger partial charge in [-0.3, -0.25) is 4.79 Å². The third-order valence-corrected chi connectivity index (χ3v) is 4.27. The Kier molecular flexibility index (Phi) is 7.33. The number of aromatic amines is 1. The van der Waals surface area contributed by atoms with Crippen LogP contribution in [-0.2, 0) is 4.74 Å². The molecule has 0 spiro atoms. The maximum absolute atomic E-state index is 13.0. The standard InChI is InChI=1S/C18H30N2O3/c1-7-10-11-20(12(4)8-2)17(21)16-13(5)15(14(6)19-16)18(22)23-9-3/h12,19H,7-11H2,1-6H3. The molecule has 0 fully saturated rings. The number of esters is 1. The molecule has 1 heterocycles. The number of hydrogen-bond donors (Lipinski definition) is 1. The van der Waals surface area contributed by atoms with Crippen LogP contribution in [0.2, 0.25) is 0 Å². The number of nitrogens with one attached hydrogen (secondary N) is 1. The predicted molar refractivity (Wildman–Crippen MR) is 91.9 cm³/mol. The fourth-order valence-electron chi connectivity index (χ4n) is 2.69. The van der Waals surface area contributed by atoms with Crippen molar-refractivity contribution in [1.82, 2.24) is 9.88 Å². The van der Waals surface area contributed by atoms with Crippen molar-refractivity contribution in [3.8, 4) is 0 Å². The topological polar surface area (TPSA) is 62.4 Å². The summed E-state index contributed by atoms with van der Waals surface area (Å²) in [6.07, 6.45) is 2.91. The number of nitrogens with zero attached hydrogens (tertiary/aromatic N) is 1. The van der Waals surface area contributed by atoms with Crippen LogP contribution in [0, 0.1) is 13.8 Å². The van der Waals surface area contributed by atoms with E-state index in [1.54, 1.807) is 20.8 Å². The molecule has 0 saturated carbocycles. The number of aryl methyl sites for hydroxylation is 1. The van der Waals surface area contributed by atoms with Crippen molar-refractivity contribution >= 4 is 11.9 Å². The molecule has 0 aliphatic carbocycles. The normalized spacial score (nSPS) is 12.1. The van der Waals surface area contributed by atoms with Crippen molar-refractivity contribution in [1.29, 1.82) is 0 Å². The van der Waals surface area contributed by atoms with Gasteiger partial charge in [-0.15, -0.1) is 0 Å². The molecular weight excluding hydrogens is 292 g/mol. The van der Waals surface area contributed by atoms with Gasteiger partial charge in [-0.25, -0.2) is 4.79 Å². The van der Waals surface area contributed by atoms with Crippen molar-refractivity contribution in [2.75, 3.05) is 13.2 Å². The zero-order chi connectivity index (χ0) is 17.6. The molecule has 1 rings (SSSR count). The van der Waals surface area contributed by atoms with Gasteiger partial charge in [-0.05, 0) is 46.1 Å². The van der Waals surface area contributed by atoms with Gasteiger partial charge in [-0.2, -0.15) is 0 Å². The number of aromatic nitrogens is 1. The summed E-state index contributed by atoms with van der Waals surface area (Å²) in [5.74, 6) is -0.412. The second-order valence-corrected chi connectivity index (χ2v) is 5.95. The molecule has 1 aromatic heterocycles. The Morgan fingerprint density at radius 3 is 2.39 bits per heavy atom. The van der Waals surface area contributed by atoms with Crippen LogP contribution < -0.4 is 0 Å². The predicted octanol–water partition coefficient (Wildman–Crippen LogP) is 3.85. The first kappa shape index (κ1) is 19.3. The number of H-pyrrole nitrogens is 1. The van der Waals surface area contributed by atoms with Gasteiger partial charge in [0.25, 0.3) is 5.91 Å². The molecule has 1 unspecified atom stereocenters. The van der Waals surface area contributed by atoms with Crippen molar-refractivity contribution in [3.63, 3.8) is 0 Å². The molecule has 0 aliphatic heterocycles. The number of rotatable bonds is 8. The molecule has 130 valence electrons. The molecule has 0 radical (unpaired) electrons. The van der Waals surface area contributed by atoms with E-state index in [4.69, 9.17) is 4.74 Å². The molecule has 0 bridgehead atoms. The van der Waals surface area contributed by atoms with E-state index in [-0.39, 0.29) is 17.9 Å². The SMILES string of the molecule is CCCCN(C(=O)c1[nH]c(C)c(C(=O)OCC)c1C)C(C)CC. The smallest absolute Gasteiger partial charge is 0.340 e. The molecule has 23 heavy (non-hydrogen) atoms. The molecule has 1 amide bonds.